The van der Waals surface area contributed by atoms with Crippen LogP contribution in [0.15, 0.2) is 59.5 Å². The number of amides is 1. The molecule has 1 atom stereocenters. The number of piperidine rings is 1. The van der Waals surface area contributed by atoms with Crippen LogP contribution in [-0.4, -0.2) is 31.7 Å². The highest BCUT2D eigenvalue weighted by molar-refractivity contribution is 7.89. The topological polar surface area (TPSA) is 66.5 Å². The molecule has 3 rings (SSSR count). The van der Waals surface area contributed by atoms with Gasteiger partial charge in [-0.05, 0) is 37.1 Å². The van der Waals surface area contributed by atoms with Crippen molar-refractivity contribution in [3.8, 4) is 0 Å². The molecule has 2 aromatic rings. The van der Waals surface area contributed by atoms with Crippen molar-refractivity contribution in [2.24, 2.45) is 5.92 Å². The van der Waals surface area contributed by atoms with E-state index in [1.807, 2.05) is 0 Å². The van der Waals surface area contributed by atoms with Crippen molar-refractivity contribution >= 4 is 33.2 Å². The van der Waals surface area contributed by atoms with Crippen molar-refractivity contribution in [1.82, 2.24) is 4.31 Å². The third-order valence-electron chi connectivity index (χ3n) is 4.27. The van der Waals surface area contributed by atoms with Gasteiger partial charge < -0.3 is 5.32 Å². The lowest BCUT2D eigenvalue weighted by Gasteiger charge is -2.31. The molecule has 7 heteroatoms. The number of halogens is 1. The van der Waals surface area contributed by atoms with Gasteiger partial charge in [0.15, 0.2) is 0 Å². The first kappa shape index (κ1) is 17.9. The van der Waals surface area contributed by atoms with Gasteiger partial charge in [0.25, 0.3) is 0 Å². The molecule has 0 unspecified atom stereocenters. The van der Waals surface area contributed by atoms with Gasteiger partial charge in [0.1, 0.15) is 0 Å². The fourth-order valence-electron chi connectivity index (χ4n) is 2.91. The van der Waals surface area contributed by atoms with Crippen LogP contribution >= 0.6 is 11.6 Å². The molecule has 0 aliphatic carbocycles. The van der Waals surface area contributed by atoms with Crippen molar-refractivity contribution in [2.75, 3.05) is 18.4 Å². The van der Waals surface area contributed by atoms with Gasteiger partial charge in [-0.1, -0.05) is 41.9 Å². The van der Waals surface area contributed by atoms with E-state index in [9.17, 15) is 13.2 Å². The zero-order chi connectivity index (χ0) is 17.9. The third kappa shape index (κ3) is 4.03. The average Bonchev–Trinajstić information content (AvgIpc) is 2.64. The van der Waals surface area contributed by atoms with Gasteiger partial charge >= 0.3 is 0 Å². The summed E-state index contributed by atoms with van der Waals surface area (Å²) in [6.45, 7) is 0.598. The molecule has 0 aromatic heterocycles. The first-order chi connectivity index (χ1) is 12.0. The number of rotatable bonds is 4. The van der Waals surface area contributed by atoms with E-state index in [-0.39, 0.29) is 17.3 Å². The van der Waals surface area contributed by atoms with Crippen molar-refractivity contribution < 1.29 is 13.2 Å². The molecule has 1 aliphatic rings. The molecule has 132 valence electrons. The molecule has 1 aliphatic heterocycles. The normalized spacial score (nSPS) is 18.7. The Labute approximate surface area is 152 Å². The highest BCUT2D eigenvalue weighted by atomic mass is 35.5. The SMILES string of the molecule is O=C(Nc1ccccc1Cl)[C@H]1CCCN(S(=O)(=O)c2ccccc2)C1. The molecule has 1 heterocycles. The van der Waals surface area contributed by atoms with Gasteiger partial charge in [-0.25, -0.2) is 8.42 Å². The molecule has 1 amide bonds. The largest absolute Gasteiger partial charge is 0.324 e. The average molecular weight is 379 g/mol. The van der Waals surface area contributed by atoms with E-state index in [1.165, 1.54) is 4.31 Å². The Bertz CT molecular complexity index is 856. The lowest BCUT2D eigenvalue weighted by Crippen LogP contribution is -2.43. The summed E-state index contributed by atoms with van der Waals surface area (Å²) in [6.07, 6.45) is 1.30. The minimum atomic E-state index is -3.58. The zero-order valence-corrected chi connectivity index (χ0v) is 15.1. The Kier molecular flexibility index (Phi) is 5.42. The lowest BCUT2D eigenvalue weighted by molar-refractivity contribution is -0.120. The van der Waals surface area contributed by atoms with Crippen LogP contribution in [0, 0.1) is 5.92 Å². The van der Waals surface area contributed by atoms with Gasteiger partial charge in [-0.3, -0.25) is 4.79 Å². The third-order valence-corrected chi connectivity index (χ3v) is 6.48. The number of hydrogen-bond donors (Lipinski definition) is 1. The number of nitrogens with one attached hydrogen (secondary N) is 1. The molecule has 1 saturated heterocycles. The van der Waals surface area contributed by atoms with Crippen LogP contribution in [0.25, 0.3) is 0 Å². The fourth-order valence-corrected chi connectivity index (χ4v) is 4.64. The minimum absolute atomic E-state index is 0.174. The Morgan fingerprint density at radius 1 is 1.08 bits per heavy atom. The molecule has 25 heavy (non-hydrogen) atoms. The summed E-state index contributed by atoms with van der Waals surface area (Å²) in [5.41, 5.74) is 0.539. The molecule has 5 nitrogen and oxygen atoms in total. The summed E-state index contributed by atoms with van der Waals surface area (Å²) in [4.78, 5) is 12.8. The number of anilines is 1. The van der Waals surface area contributed by atoms with E-state index in [0.29, 0.717) is 30.1 Å². The highest BCUT2D eigenvalue weighted by Gasteiger charge is 2.33. The molecule has 0 radical (unpaired) electrons. The molecular formula is C18H19ClN2O3S. The van der Waals surface area contributed by atoms with Crippen LogP contribution in [-0.2, 0) is 14.8 Å². The van der Waals surface area contributed by atoms with Crippen LogP contribution in [0.5, 0.6) is 0 Å². The maximum absolute atomic E-state index is 12.7. The number of sulfonamides is 1. The van der Waals surface area contributed by atoms with E-state index in [4.69, 9.17) is 11.6 Å². The monoisotopic (exact) mass is 378 g/mol. The molecule has 1 N–H and O–H groups in total. The van der Waals surface area contributed by atoms with Crippen LogP contribution < -0.4 is 5.32 Å². The van der Waals surface area contributed by atoms with Crippen LogP contribution in [0.2, 0.25) is 5.02 Å². The second-order valence-electron chi connectivity index (χ2n) is 5.98. The Morgan fingerprint density at radius 2 is 1.76 bits per heavy atom. The predicted molar refractivity (Wildman–Crippen MR) is 98.0 cm³/mol. The molecule has 1 fully saturated rings. The van der Waals surface area contributed by atoms with Gasteiger partial charge in [0.2, 0.25) is 15.9 Å². The number of carbonyl (C=O) groups excluding carboxylic acids is 1. The van der Waals surface area contributed by atoms with E-state index >= 15 is 0 Å². The zero-order valence-electron chi connectivity index (χ0n) is 13.6. The van der Waals surface area contributed by atoms with E-state index < -0.39 is 15.9 Å². The van der Waals surface area contributed by atoms with E-state index in [1.54, 1.807) is 54.6 Å². The maximum atomic E-state index is 12.7. The van der Waals surface area contributed by atoms with Gasteiger partial charge in [-0.2, -0.15) is 4.31 Å². The molecule has 0 saturated carbocycles. The Balaban J connectivity index is 1.73. The number of nitrogens with zero attached hydrogens (tertiary/aromatic N) is 1. The summed E-state index contributed by atoms with van der Waals surface area (Å²) in [5.74, 6) is -0.607. The van der Waals surface area contributed by atoms with Crippen molar-refractivity contribution in [3.05, 3.63) is 59.6 Å². The molecule has 2 aromatic carbocycles. The van der Waals surface area contributed by atoms with E-state index in [2.05, 4.69) is 5.32 Å². The first-order valence-electron chi connectivity index (χ1n) is 8.09. The summed E-state index contributed by atoms with van der Waals surface area (Å²) < 4.78 is 26.9. The maximum Gasteiger partial charge on any atom is 0.243 e. The van der Waals surface area contributed by atoms with Gasteiger partial charge in [0.05, 0.1) is 21.5 Å². The van der Waals surface area contributed by atoms with Crippen molar-refractivity contribution in [2.45, 2.75) is 17.7 Å². The highest BCUT2D eigenvalue weighted by Crippen LogP contribution is 2.26. The van der Waals surface area contributed by atoms with Crippen molar-refractivity contribution in [1.29, 1.82) is 0 Å². The summed E-state index contributed by atoms with van der Waals surface area (Å²) >= 11 is 6.07. The summed E-state index contributed by atoms with van der Waals surface area (Å²) in [5, 5.41) is 3.26. The second-order valence-corrected chi connectivity index (χ2v) is 8.33. The number of benzene rings is 2. The first-order valence-corrected chi connectivity index (χ1v) is 9.91. The number of carbonyl (C=O) groups is 1. The summed E-state index contributed by atoms with van der Waals surface area (Å²) in [7, 11) is -3.58. The van der Waals surface area contributed by atoms with Crippen LogP contribution in [0.3, 0.4) is 0 Å². The molecule has 0 bridgehead atoms. The molecule has 0 spiro atoms. The van der Waals surface area contributed by atoms with E-state index in [0.717, 1.165) is 0 Å². The van der Waals surface area contributed by atoms with Gasteiger partial charge in [-0.15, -0.1) is 0 Å². The van der Waals surface area contributed by atoms with Crippen LogP contribution in [0.1, 0.15) is 12.8 Å². The minimum Gasteiger partial charge on any atom is -0.324 e. The number of para-hydroxylation sites is 1. The smallest absolute Gasteiger partial charge is 0.243 e. The standard InChI is InChI=1S/C18H19ClN2O3S/c19-16-10-4-5-11-17(16)20-18(22)14-7-6-12-21(13-14)25(23,24)15-8-2-1-3-9-15/h1-5,8-11,14H,6-7,12-13H2,(H,20,22)/t14-/m0/s1. The van der Waals surface area contributed by atoms with Crippen molar-refractivity contribution in [3.63, 3.8) is 0 Å². The fraction of sp³-hybridized carbons (Fsp3) is 0.278. The Morgan fingerprint density at radius 3 is 2.48 bits per heavy atom. The van der Waals surface area contributed by atoms with Crippen LogP contribution in [0.4, 0.5) is 5.69 Å². The molecular weight excluding hydrogens is 360 g/mol. The second kappa shape index (κ2) is 7.56. The predicted octanol–water partition coefficient (Wildman–Crippen LogP) is 3.38. The van der Waals surface area contributed by atoms with Gasteiger partial charge in [0, 0.05) is 13.1 Å². The quantitative estimate of drug-likeness (QED) is 0.886. The summed E-state index contributed by atoms with van der Waals surface area (Å²) in [6, 6.07) is 15.3. The lowest BCUT2D eigenvalue weighted by atomic mass is 9.99. The number of hydrogen-bond acceptors (Lipinski definition) is 3. The Hall–Kier alpha value is -1.89.